The normalized spacial score (nSPS) is 19.9. The van der Waals surface area contributed by atoms with E-state index in [-0.39, 0.29) is 11.9 Å². The van der Waals surface area contributed by atoms with Crippen LogP contribution in [0.4, 0.5) is 0 Å². The fourth-order valence-electron chi connectivity index (χ4n) is 2.30. The van der Waals surface area contributed by atoms with E-state index in [2.05, 4.69) is 18.8 Å². The molecule has 2 heterocycles. The molecule has 1 aromatic heterocycles. The Bertz CT molecular complexity index is 408. The van der Waals surface area contributed by atoms with Gasteiger partial charge in [0.05, 0.1) is 12.4 Å². The van der Waals surface area contributed by atoms with Crippen LogP contribution in [0.5, 0.6) is 0 Å². The number of carbonyl (C=O) groups is 1. The van der Waals surface area contributed by atoms with Crippen LogP contribution in [0, 0.1) is 0 Å². The number of hydrogen-bond donors (Lipinski definition) is 0. The van der Waals surface area contributed by atoms with Crippen molar-refractivity contribution in [2.24, 2.45) is 0 Å². The first-order chi connectivity index (χ1) is 8.22. The maximum Gasteiger partial charge on any atom is 0.247 e. The number of nitrogens with zero attached hydrogens (tertiary/aromatic N) is 3. The highest BCUT2D eigenvalue weighted by atomic mass is 16.2. The molecule has 1 aliphatic heterocycles. The van der Waals surface area contributed by atoms with Crippen molar-refractivity contribution in [1.82, 2.24) is 14.5 Å². The molecule has 1 aromatic rings. The average Bonchev–Trinajstić information content (AvgIpc) is 2.91. The maximum atomic E-state index is 11.8. The van der Waals surface area contributed by atoms with Gasteiger partial charge in [0, 0.05) is 31.6 Å². The molecule has 0 spiro atoms. The van der Waals surface area contributed by atoms with Gasteiger partial charge in [-0.1, -0.05) is 6.92 Å². The van der Waals surface area contributed by atoms with Gasteiger partial charge < -0.3 is 9.47 Å². The Balaban J connectivity index is 1.82. The minimum Gasteiger partial charge on any atom is -0.337 e. The molecule has 0 saturated heterocycles. The van der Waals surface area contributed by atoms with Gasteiger partial charge >= 0.3 is 0 Å². The summed E-state index contributed by atoms with van der Waals surface area (Å²) >= 11 is 0. The highest BCUT2D eigenvalue weighted by Gasteiger charge is 2.27. The van der Waals surface area contributed by atoms with Crippen molar-refractivity contribution >= 4 is 5.91 Å². The summed E-state index contributed by atoms with van der Waals surface area (Å²) in [6, 6.07) is 0.273. The van der Waals surface area contributed by atoms with Crippen LogP contribution in [0.15, 0.2) is 30.4 Å². The second-order valence-electron chi connectivity index (χ2n) is 4.43. The molecule has 0 aromatic carbocycles. The van der Waals surface area contributed by atoms with E-state index in [9.17, 15) is 4.79 Å². The van der Waals surface area contributed by atoms with Crippen LogP contribution in [0.25, 0.3) is 0 Å². The Hall–Kier alpha value is -1.58. The molecule has 1 unspecified atom stereocenters. The Morgan fingerprint density at radius 2 is 2.24 bits per heavy atom. The van der Waals surface area contributed by atoms with Crippen LogP contribution >= 0.6 is 0 Å². The third-order valence-corrected chi connectivity index (χ3v) is 3.38. The molecule has 0 N–H and O–H groups in total. The smallest absolute Gasteiger partial charge is 0.247 e. The van der Waals surface area contributed by atoms with Crippen molar-refractivity contribution in [2.75, 3.05) is 6.54 Å². The molecule has 17 heavy (non-hydrogen) atoms. The first-order valence-electron chi connectivity index (χ1n) is 6.19. The Morgan fingerprint density at radius 1 is 1.41 bits per heavy atom. The number of hydrogen-bond acceptors (Lipinski definition) is 2. The molecule has 1 atom stereocenters. The number of amides is 1. The van der Waals surface area contributed by atoms with Crippen LogP contribution in [-0.2, 0) is 11.3 Å². The molecule has 0 aliphatic carbocycles. The molecule has 4 nitrogen and oxygen atoms in total. The van der Waals surface area contributed by atoms with Crippen molar-refractivity contribution in [3.05, 3.63) is 30.4 Å². The van der Waals surface area contributed by atoms with Gasteiger partial charge in [-0.3, -0.25) is 4.79 Å². The number of aromatic nitrogens is 2. The molecule has 4 heteroatoms. The molecule has 0 fully saturated rings. The summed E-state index contributed by atoms with van der Waals surface area (Å²) in [5.41, 5.74) is 1.25. The van der Waals surface area contributed by atoms with Crippen LogP contribution in [-0.4, -0.2) is 32.9 Å². The van der Waals surface area contributed by atoms with E-state index in [0.717, 1.165) is 25.9 Å². The minimum absolute atomic E-state index is 0.167. The zero-order valence-electron chi connectivity index (χ0n) is 10.5. The van der Waals surface area contributed by atoms with Crippen molar-refractivity contribution in [3.8, 4) is 0 Å². The van der Waals surface area contributed by atoms with Crippen molar-refractivity contribution in [2.45, 2.75) is 39.3 Å². The molecule has 1 amide bonds. The molecule has 0 radical (unpaired) electrons. The molecular formula is C13H19N3O. The average molecular weight is 233 g/mol. The van der Waals surface area contributed by atoms with Gasteiger partial charge in [0.25, 0.3) is 0 Å². The van der Waals surface area contributed by atoms with Crippen LogP contribution < -0.4 is 0 Å². The lowest BCUT2D eigenvalue weighted by atomic mass is 10.1. The summed E-state index contributed by atoms with van der Waals surface area (Å²) in [6.45, 7) is 5.94. The third-order valence-electron chi connectivity index (χ3n) is 3.38. The largest absolute Gasteiger partial charge is 0.337 e. The summed E-state index contributed by atoms with van der Waals surface area (Å²) in [5, 5.41) is 0. The van der Waals surface area contributed by atoms with Gasteiger partial charge in [-0.15, -0.1) is 0 Å². The van der Waals surface area contributed by atoms with Gasteiger partial charge in [-0.2, -0.15) is 0 Å². The topological polar surface area (TPSA) is 38.1 Å². The van der Waals surface area contributed by atoms with E-state index in [0.29, 0.717) is 0 Å². The summed E-state index contributed by atoms with van der Waals surface area (Å²) < 4.78 is 2.04. The van der Waals surface area contributed by atoms with E-state index in [1.165, 1.54) is 5.57 Å². The quantitative estimate of drug-likeness (QED) is 0.778. The van der Waals surface area contributed by atoms with E-state index in [1.807, 2.05) is 22.0 Å². The van der Waals surface area contributed by atoms with Crippen LogP contribution in [0.2, 0.25) is 0 Å². The molecule has 0 saturated carbocycles. The first-order valence-corrected chi connectivity index (χ1v) is 6.19. The lowest BCUT2D eigenvalue weighted by Crippen LogP contribution is -2.34. The lowest BCUT2D eigenvalue weighted by molar-refractivity contribution is -0.125. The summed E-state index contributed by atoms with van der Waals surface area (Å²) in [6.07, 6.45) is 9.26. The first kappa shape index (κ1) is 11.9. The zero-order chi connectivity index (χ0) is 12.3. The van der Waals surface area contributed by atoms with Crippen molar-refractivity contribution in [1.29, 1.82) is 0 Å². The van der Waals surface area contributed by atoms with Crippen LogP contribution in [0.1, 0.15) is 26.7 Å². The van der Waals surface area contributed by atoms with Gasteiger partial charge in [-0.25, -0.2) is 4.98 Å². The second-order valence-corrected chi connectivity index (χ2v) is 4.43. The second kappa shape index (κ2) is 5.17. The molecular weight excluding hydrogens is 214 g/mol. The standard InChI is InChI=1S/C13H19N3O/c1-3-12-9-13(17)16(11(12)2)7-4-6-15-8-5-14-10-15/h5,8-11H,3-4,6-7H2,1-2H3. The predicted molar refractivity (Wildman–Crippen MR) is 66.4 cm³/mol. The molecule has 1 aliphatic rings. The summed E-state index contributed by atoms with van der Waals surface area (Å²) in [7, 11) is 0. The minimum atomic E-state index is 0.167. The SMILES string of the molecule is CCC1=CC(=O)N(CCCn2ccnc2)C1C. The van der Waals surface area contributed by atoms with E-state index < -0.39 is 0 Å². The third kappa shape index (κ3) is 2.57. The fourth-order valence-corrected chi connectivity index (χ4v) is 2.30. The van der Waals surface area contributed by atoms with Gasteiger partial charge in [0.2, 0.25) is 5.91 Å². The predicted octanol–water partition coefficient (Wildman–Crippen LogP) is 1.84. The molecule has 2 rings (SSSR count). The monoisotopic (exact) mass is 233 g/mol. The molecule has 92 valence electrons. The van der Waals surface area contributed by atoms with E-state index in [1.54, 1.807) is 12.3 Å². The van der Waals surface area contributed by atoms with Gasteiger partial charge in [0.15, 0.2) is 0 Å². The Morgan fingerprint density at radius 3 is 2.82 bits per heavy atom. The summed E-state index contributed by atoms with van der Waals surface area (Å²) in [5.74, 6) is 0.167. The number of carbonyl (C=O) groups excluding carboxylic acids is 1. The van der Waals surface area contributed by atoms with E-state index >= 15 is 0 Å². The highest BCUT2D eigenvalue weighted by molar-refractivity contribution is 5.91. The Labute approximate surface area is 102 Å². The Kier molecular flexibility index (Phi) is 3.61. The highest BCUT2D eigenvalue weighted by Crippen LogP contribution is 2.21. The number of aryl methyl sites for hydroxylation is 1. The lowest BCUT2D eigenvalue weighted by Gasteiger charge is -2.23. The van der Waals surface area contributed by atoms with Crippen molar-refractivity contribution < 1.29 is 4.79 Å². The number of imidazole rings is 1. The number of rotatable bonds is 5. The van der Waals surface area contributed by atoms with Crippen molar-refractivity contribution in [3.63, 3.8) is 0 Å². The summed E-state index contributed by atoms with van der Waals surface area (Å²) in [4.78, 5) is 17.7. The molecule has 0 bridgehead atoms. The fraction of sp³-hybridized carbons (Fsp3) is 0.538. The van der Waals surface area contributed by atoms with E-state index in [4.69, 9.17) is 0 Å². The maximum absolute atomic E-state index is 11.8. The zero-order valence-corrected chi connectivity index (χ0v) is 10.5. The van der Waals surface area contributed by atoms with Crippen LogP contribution in [0.3, 0.4) is 0 Å². The van der Waals surface area contributed by atoms with Gasteiger partial charge in [0.1, 0.15) is 0 Å². The van der Waals surface area contributed by atoms with Gasteiger partial charge in [-0.05, 0) is 25.3 Å².